The Bertz CT molecular complexity index is 1100. The van der Waals surface area contributed by atoms with Gasteiger partial charge < -0.3 is 24.5 Å². The van der Waals surface area contributed by atoms with Crippen molar-refractivity contribution in [2.45, 2.75) is 37.6 Å². The fraction of sp³-hybridized carbons (Fsp3) is 0.480. The summed E-state index contributed by atoms with van der Waals surface area (Å²) in [6, 6.07) is 3.74. The van der Waals surface area contributed by atoms with Crippen molar-refractivity contribution in [2.24, 2.45) is 11.8 Å². The maximum atomic E-state index is 14.2. The summed E-state index contributed by atoms with van der Waals surface area (Å²) < 4.78 is 6.52. The number of rotatable bonds is 3. The van der Waals surface area contributed by atoms with E-state index in [1.165, 1.54) is 4.90 Å². The number of anilines is 1. The Morgan fingerprint density at radius 3 is 2.65 bits per heavy atom. The highest BCUT2D eigenvalue weighted by atomic mass is 35.5. The van der Waals surface area contributed by atoms with E-state index in [0.717, 1.165) is 5.56 Å². The first-order valence-corrected chi connectivity index (χ1v) is 11.9. The van der Waals surface area contributed by atoms with E-state index in [1.54, 1.807) is 35.9 Å². The van der Waals surface area contributed by atoms with E-state index >= 15 is 0 Å². The number of aryl methyl sites for hydroxylation is 1. The number of hydrogen-bond acceptors (Lipinski definition) is 5. The molecule has 9 heteroatoms. The maximum absolute atomic E-state index is 14.2. The number of likely N-dealkylation sites (tertiary alicyclic amines) is 1. The van der Waals surface area contributed by atoms with Crippen molar-refractivity contribution < 1.29 is 24.2 Å². The molecule has 1 aromatic carbocycles. The van der Waals surface area contributed by atoms with Gasteiger partial charge in [0.2, 0.25) is 11.8 Å². The van der Waals surface area contributed by atoms with Crippen LogP contribution < -0.4 is 4.90 Å². The van der Waals surface area contributed by atoms with E-state index in [9.17, 15) is 19.5 Å². The molecule has 6 atom stereocenters. The molecule has 4 aliphatic heterocycles. The molecule has 0 aliphatic carbocycles. The number of amides is 3. The lowest BCUT2D eigenvalue weighted by Crippen LogP contribution is -2.57. The van der Waals surface area contributed by atoms with E-state index in [-0.39, 0.29) is 30.9 Å². The average Bonchev–Trinajstić information content (AvgIpc) is 3.14. The number of fused-ring (bicyclic) bond motifs is 2. The van der Waals surface area contributed by atoms with Crippen LogP contribution in [0.25, 0.3) is 0 Å². The van der Waals surface area contributed by atoms with Gasteiger partial charge in [0, 0.05) is 20.1 Å². The van der Waals surface area contributed by atoms with Crippen molar-refractivity contribution >= 4 is 35.0 Å². The molecule has 1 aromatic rings. The first-order chi connectivity index (χ1) is 16.2. The van der Waals surface area contributed by atoms with E-state index < -0.39 is 35.6 Å². The van der Waals surface area contributed by atoms with E-state index in [0.29, 0.717) is 17.3 Å². The molecule has 2 saturated heterocycles. The molecule has 1 spiro atoms. The van der Waals surface area contributed by atoms with Crippen LogP contribution in [0.1, 0.15) is 12.5 Å². The topological polar surface area (TPSA) is 90.4 Å². The third-order valence-electron chi connectivity index (χ3n) is 7.50. The second-order valence-corrected chi connectivity index (χ2v) is 9.93. The van der Waals surface area contributed by atoms with E-state index in [4.69, 9.17) is 16.3 Å². The quantitative estimate of drug-likeness (QED) is 0.656. The van der Waals surface area contributed by atoms with Crippen LogP contribution in [-0.2, 0) is 19.1 Å². The summed E-state index contributed by atoms with van der Waals surface area (Å²) in [6.07, 6.45) is 6.66. The number of para-hydroxylation sites is 1. The summed E-state index contributed by atoms with van der Waals surface area (Å²) in [4.78, 5) is 46.0. The lowest BCUT2D eigenvalue weighted by atomic mass is 9.77. The van der Waals surface area contributed by atoms with Crippen LogP contribution >= 0.6 is 11.6 Å². The molecule has 34 heavy (non-hydrogen) atoms. The van der Waals surface area contributed by atoms with Crippen LogP contribution in [0.2, 0.25) is 5.02 Å². The van der Waals surface area contributed by atoms with Gasteiger partial charge in [-0.2, -0.15) is 0 Å². The molecule has 1 N–H and O–H groups in total. The largest absolute Gasteiger partial charge is 0.394 e. The minimum absolute atomic E-state index is 0.189. The van der Waals surface area contributed by atoms with Gasteiger partial charge in [-0.3, -0.25) is 14.4 Å². The van der Waals surface area contributed by atoms with Gasteiger partial charge in [-0.1, -0.05) is 48.0 Å². The average molecular weight is 486 g/mol. The highest BCUT2D eigenvalue weighted by Gasteiger charge is 2.72. The van der Waals surface area contributed by atoms with Crippen molar-refractivity contribution in [3.05, 3.63) is 53.1 Å². The van der Waals surface area contributed by atoms with Gasteiger partial charge >= 0.3 is 0 Å². The molecule has 2 fully saturated rings. The van der Waals surface area contributed by atoms with Crippen LogP contribution in [0.15, 0.2) is 42.5 Å². The summed E-state index contributed by atoms with van der Waals surface area (Å²) in [5, 5.41) is 10.4. The van der Waals surface area contributed by atoms with Crippen molar-refractivity contribution in [3.63, 3.8) is 0 Å². The number of aliphatic hydroxyl groups is 1. The molecule has 180 valence electrons. The summed E-state index contributed by atoms with van der Waals surface area (Å²) >= 11 is 6.51. The van der Waals surface area contributed by atoms with E-state index in [1.807, 2.05) is 37.3 Å². The summed E-state index contributed by atoms with van der Waals surface area (Å²) in [5.74, 6) is -2.51. The van der Waals surface area contributed by atoms with Crippen LogP contribution in [0.4, 0.5) is 5.69 Å². The van der Waals surface area contributed by atoms with Crippen LogP contribution in [-0.4, -0.2) is 83.2 Å². The summed E-state index contributed by atoms with van der Waals surface area (Å²) in [7, 11) is 1.70. The monoisotopic (exact) mass is 485 g/mol. The zero-order chi connectivity index (χ0) is 24.4. The number of ether oxygens (including phenoxy) is 1. The highest BCUT2D eigenvalue weighted by Crippen LogP contribution is 2.54. The molecule has 0 radical (unpaired) electrons. The van der Waals surface area contributed by atoms with Crippen molar-refractivity contribution in [2.75, 3.05) is 31.6 Å². The minimum Gasteiger partial charge on any atom is -0.394 e. The fourth-order valence-corrected chi connectivity index (χ4v) is 6.25. The second-order valence-electron chi connectivity index (χ2n) is 9.52. The number of nitrogens with zero attached hydrogens (tertiary/aromatic N) is 3. The molecule has 3 amide bonds. The van der Waals surface area contributed by atoms with Crippen molar-refractivity contribution in [1.82, 2.24) is 9.80 Å². The lowest BCUT2D eigenvalue weighted by molar-refractivity contribution is -0.146. The Labute approximate surface area is 203 Å². The Hall–Kier alpha value is -2.68. The van der Waals surface area contributed by atoms with Gasteiger partial charge in [0.15, 0.2) is 0 Å². The molecule has 1 unspecified atom stereocenters. The van der Waals surface area contributed by atoms with Crippen LogP contribution in [0, 0.1) is 18.8 Å². The summed E-state index contributed by atoms with van der Waals surface area (Å²) in [6.45, 7) is 3.91. The molecule has 0 saturated carbocycles. The minimum atomic E-state index is -1.32. The molecule has 4 aliphatic rings. The van der Waals surface area contributed by atoms with Crippen LogP contribution in [0.5, 0.6) is 0 Å². The summed E-state index contributed by atoms with van der Waals surface area (Å²) in [5.41, 5.74) is 0.0750. The maximum Gasteiger partial charge on any atom is 0.253 e. The normalized spacial score (nSPS) is 33.6. The Morgan fingerprint density at radius 1 is 1.18 bits per heavy atom. The predicted molar refractivity (Wildman–Crippen MR) is 126 cm³/mol. The highest BCUT2D eigenvalue weighted by molar-refractivity contribution is 6.34. The molecular formula is C25H28ClN3O5. The first kappa shape index (κ1) is 23.1. The number of hydrogen-bond donors (Lipinski definition) is 1. The third-order valence-corrected chi connectivity index (χ3v) is 7.80. The standard InChI is InChI=1S/C25H28ClN3O5/c1-14-7-4-8-16(26)20(14)28-12-6-10-25-19(18-17(34-25)9-5-11-27(3)22(18)31)23(32)29(15(2)13-30)21(25)24(28)33/h4-10,15,17-19,21,30H,11-13H2,1-3H3/t15-,17+,18-,19+,21?,25+/m1/s1. The van der Waals surface area contributed by atoms with Crippen LogP contribution in [0.3, 0.4) is 0 Å². The number of halogens is 1. The van der Waals surface area contributed by atoms with Gasteiger partial charge in [0.25, 0.3) is 5.91 Å². The lowest BCUT2D eigenvalue weighted by Gasteiger charge is -2.37. The van der Waals surface area contributed by atoms with Gasteiger partial charge in [-0.25, -0.2) is 0 Å². The molecule has 0 bridgehead atoms. The number of carbonyl (C=O) groups is 3. The molecular weight excluding hydrogens is 458 g/mol. The Morgan fingerprint density at radius 2 is 1.94 bits per heavy atom. The SMILES string of the molecule is Cc1cccc(Cl)c1N1CC=C[C@]23O[C@H]4C=CCN(C)C(=O)[C@H]4[C@H]2C(=O)N([C@H](C)CO)C3C1=O. The number of benzene rings is 1. The van der Waals surface area contributed by atoms with Gasteiger partial charge in [0.05, 0.1) is 41.3 Å². The third kappa shape index (κ3) is 3.08. The Balaban J connectivity index is 1.67. The van der Waals surface area contributed by atoms with Gasteiger partial charge in [0.1, 0.15) is 11.6 Å². The van der Waals surface area contributed by atoms with Crippen molar-refractivity contribution in [3.8, 4) is 0 Å². The first-order valence-electron chi connectivity index (χ1n) is 11.5. The van der Waals surface area contributed by atoms with Gasteiger partial charge in [-0.15, -0.1) is 0 Å². The molecule has 0 aromatic heterocycles. The van der Waals surface area contributed by atoms with E-state index in [2.05, 4.69) is 0 Å². The number of carbonyl (C=O) groups excluding carboxylic acids is 3. The predicted octanol–water partition coefficient (Wildman–Crippen LogP) is 1.54. The smallest absolute Gasteiger partial charge is 0.253 e. The number of likely N-dealkylation sites (N-methyl/N-ethyl adjacent to an activating group) is 1. The number of aliphatic hydroxyl groups excluding tert-OH is 1. The zero-order valence-corrected chi connectivity index (χ0v) is 20.1. The van der Waals surface area contributed by atoms with Crippen molar-refractivity contribution in [1.29, 1.82) is 0 Å². The van der Waals surface area contributed by atoms with Gasteiger partial charge in [-0.05, 0) is 25.5 Å². The zero-order valence-electron chi connectivity index (χ0n) is 19.3. The Kier molecular flexibility index (Phi) is 5.58. The molecule has 4 heterocycles. The second kappa shape index (κ2) is 8.22. The molecule has 8 nitrogen and oxygen atoms in total. The fourth-order valence-electron chi connectivity index (χ4n) is 5.93. The molecule has 5 rings (SSSR count).